The summed E-state index contributed by atoms with van der Waals surface area (Å²) in [4.78, 5) is 85.5. The number of carbonyl (C=O) groups excluding carboxylic acids is 8. The van der Waals surface area contributed by atoms with Gasteiger partial charge in [0, 0.05) is 37.0 Å². The number of nitrogens with one attached hydrogen (secondary N) is 2. The molecule has 90 heavy (non-hydrogen) atoms. The Hall–Kier alpha value is -7.87. The third-order valence-corrected chi connectivity index (χ3v) is 7.17. The number of ether oxygens (including phenoxy) is 15. The second kappa shape index (κ2) is 53.0. The quantitative estimate of drug-likeness (QED) is 0.0141. The van der Waals surface area contributed by atoms with Crippen LogP contribution in [0.3, 0.4) is 0 Å². The van der Waals surface area contributed by atoms with Crippen molar-refractivity contribution in [1.82, 2.24) is 10.6 Å². The molecule has 0 fully saturated rings. The lowest BCUT2D eigenvalue weighted by Gasteiger charge is -2.12. The number of aliphatic hydroxyl groups excluding tert-OH is 2. The van der Waals surface area contributed by atoms with Gasteiger partial charge in [0.2, 0.25) is 0 Å². The third-order valence-electron chi connectivity index (χ3n) is 7.17. The zero-order valence-electron chi connectivity index (χ0n) is 46.9. The van der Waals surface area contributed by atoms with Crippen molar-refractivity contribution < 1.29 is 185 Å². The van der Waals surface area contributed by atoms with Gasteiger partial charge in [-0.2, -0.15) is 0 Å². The molecule has 0 saturated heterocycles. The number of alkyl halides is 15. The summed E-state index contributed by atoms with van der Waals surface area (Å²) in [5.74, 6) is -5.61. The maximum absolute atomic E-state index is 11.6. The lowest BCUT2D eigenvalue weighted by molar-refractivity contribution is -0.327. The zero-order chi connectivity index (χ0) is 70.4. The fourth-order valence-corrected chi connectivity index (χ4v) is 3.70. The number of hydrogen-bond acceptors (Lipinski definition) is 25. The largest absolute Gasteiger partial charge is 0.523 e. The highest BCUT2D eigenvalue weighted by atomic mass is 19.4. The summed E-state index contributed by atoms with van der Waals surface area (Å²) in [5, 5.41) is 22.8. The number of alkyl carbamates (subject to hydrolysis) is 2. The van der Waals surface area contributed by atoms with Crippen molar-refractivity contribution in [1.29, 1.82) is 0 Å². The molecule has 0 spiro atoms. The van der Waals surface area contributed by atoms with Crippen LogP contribution >= 0.6 is 0 Å². The summed E-state index contributed by atoms with van der Waals surface area (Å²) in [7, 11) is 0. The molecule has 0 saturated carbocycles. The molecule has 2 unspecified atom stereocenters. The third kappa shape index (κ3) is 80.1. The van der Waals surface area contributed by atoms with E-state index in [1.165, 1.54) is 0 Å². The van der Waals surface area contributed by atoms with Gasteiger partial charge in [-0.25, -0.2) is 38.4 Å². The number of halogens is 15. The molecule has 520 valence electrons. The molecule has 27 nitrogen and oxygen atoms in total. The summed E-state index contributed by atoms with van der Waals surface area (Å²) >= 11 is 0. The van der Waals surface area contributed by atoms with Crippen LogP contribution in [0, 0.1) is 0 Å². The lowest BCUT2D eigenvalue weighted by atomic mass is 10.3. The highest BCUT2D eigenvalue weighted by Gasteiger charge is 2.32. The van der Waals surface area contributed by atoms with Gasteiger partial charge in [0.05, 0.1) is 52.7 Å². The molecular formula is C48H63F15N2O25. The number of hydrogen-bond donors (Lipinski definition) is 4. The zero-order valence-corrected chi connectivity index (χ0v) is 46.9. The standard InChI is InChI=1S/C13H19F3O7.C10H12F3NO5.C9H12F3NO5.C9H13F3O5.C7H7F3O3/c1-2-11(18)21-6-4-3-5-20-7-10(17)8-22-12(19)9-23-13(14,15)16;1-3-8(15)17-5-4-14-9(16)19-7(2)6-18-10(11,12)13;1-2-7(14)16-4-3-13-8(15)17-5-6-18-9(10,11)12;1-2-8(14)16-6-7(13)5-15-3-4-17-9(10,11)12;1-3-6(11)13-5(2)4-12-7(8,9)10/h2,10,17H,1,3-9H2;3H,1-2,4-6H2,(H,14,16);2H,1,3-6H2,(H,13,15);2,7,13H,1,3-6H2;3H,1-2,4H2. The van der Waals surface area contributed by atoms with E-state index in [0.717, 1.165) is 30.4 Å². The van der Waals surface area contributed by atoms with Gasteiger partial charge < -0.3 is 68.2 Å². The van der Waals surface area contributed by atoms with E-state index in [1.807, 2.05) is 0 Å². The molecule has 0 aromatic rings. The van der Waals surface area contributed by atoms with Gasteiger partial charge in [-0.05, 0) is 12.8 Å². The average Bonchev–Trinajstić information content (AvgIpc) is 3.49. The van der Waals surface area contributed by atoms with E-state index in [4.69, 9.17) is 14.6 Å². The number of aliphatic hydroxyl groups is 2. The van der Waals surface area contributed by atoms with Crippen molar-refractivity contribution in [3.05, 3.63) is 88.0 Å². The Morgan fingerprint density at radius 2 is 0.711 bits per heavy atom. The summed E-state index contributed by atoms with van der Waals surface area (Å²) in [6, 6.07) is 0. The summed E-state index contributed by atoms with van der Waals surface area (Å²) in [5.41, 5.74) is 0. The first kappa shape index (κ1) is 90.9. The molecule has 0 rings (SSSR count). The van der Waals surface area contributed by atoms with E-state index in [9.17, 15) is 109 Å². The maximum Gasteiger partial charge on any atom is 0.523 e. The first-order chi connectivity index (χ1) is 41.5. The van der Waals surface area contributed by atoms with E-state index < -0.39 is 150 Å². The Morgan fingerprint density at radius 1 is 0.367 bits per heavy atom. The molecule has 0 radical (unpaired) electrons. The lowest BCUT2D eigenvalue weighted by Crippen LogP contribution is -2.30. The van der Waals surface area contributed by atoms with E-state index in [1.54, 1.807) is 0 Å². The van der Waals surface area contributed by atoms with Gasteiger partial charge in [0.25, 0.3) is 0 Å². The molecule has 2 atom stereocenters. The van der Waals surface area contributed by atoms with Crippen LogP contribution in [0.1, 0.15) is 12.8 Å². The van der Waals surface area contributed by atoms with Crippen LogP contribution in [-0.2, 0) is 99.8 Å². The second-order valence-electron chi connectivity index (χ2n) is 14.7. The number of rotatable bonds is 38. The predicted molar refractivity (Wildman–Crippen MR) is 267 cm³/mol. The summed E-state index contributed by atoms with van der Waals surface area (Å²) < 4.78 is 235. The Balaban J connectivity index is -0.000000338. The smallest absolute Gasteiger partial charge is 0.463 e. The summed E-state index contributed by atoms with van der Waals surface area (Å²) in [6.45, 7) is 15.2. The van der Waals surface area contributed by atoms with Crippen LogP contribution < -0.4 is 10.6 Å². The molecule has 0 aliphatic heterocycles. The molecule has 4 N–H and O–H groups in total. The Kier molecular flexibility index (Phi) is 53.5. The molecular weight excluding hydrogens is 1290 g/mol. The van der Waals surface area contributed by atoms with Gasteiger partial charge in [-0.15, -0.1) is 65.9 Å². The van der Waals surface area contributed by atoms with Gasteiger partial charge >= 0.3 is 79.8 Å². The Morgan fingerprint density at radius 3 is 1.13 bits per heavy atom. The number of amides is 2. The van der Waals surface area contributed by atoms with Gasteiger partial charge in [-0.3, -0.25) is 23.7 Å². The minimum absolute atomic E-state index is 0.0292. The molecule has 42 heteroatoms. The fraction of sp³-hybridized carbons (Fsp3) is 0.542. The minimum atomic E-state index is -4.92. The van der Waals surface area contributed by atoms with Crippen molar-refractivity contribution in [3.8, 4) is 0 Å². The molecule has 0 aromatic heterocycles. The number of carbonyl (C=O) groups is 8. The SMILES string of the molecule is C=CC(=O)OC(=C)COC(F)(F)F.C=CC(=O)OCC(O)COCCOC(F)(F)F.C=CC(=O)OCCCCOCC(O)COC(=O)COC(F)(F)F.C=CC(=O)OCCNC(=O)OC(=C)COC(F)(F)F.C=CC(=O)OCCNC(=O)OCCOC(F)(F)F. The van der Waals surface area contributed by atoms with Crippen molar-refractivity contribution in [3.63, 3.8) is 0 Å². The van der Waals surface area contributed by atoms with Crippen molar-refractivity contribution in [2.75, 3.05) is 112 Å². The van der Waals surface area contributed by atoms with Crippen molar-refractivity contribution >= 4 is 48.0 Å². The molecule has 0 aliphatic rings. The highest BCUT2D eigenvalue weighted by Crippen LogP contribution is 2.19. The Labute approximate surface area is 500 Å². The van der Waals surface area contributed by atoms with Crippen LogP contribution in [0.4, 0.5) is 75.4 Å². The fourth-order valence-electron chi connectivity index (χ4n) is 3.70. The van der Waals surface area contributed by atoms with Gasteiger partial charge in [0.1, 0.15) is 70.0 Å². The average molecular weight is 1350 g/mol. The normalized spacial score (nSPS) is 11.6. The van der Waals surface area contributed by atoms with E-state index in [-0.39, 0.29) is 65.9 Å². The number of esters is 6. The summed E-state index contributed by atoms with van der Waals surface area (Å²) in [6.07, 6.45) is -22.4. The predicted octanol–water partition coefficient (Wildman–Crippen LogP) is 5.82. The Bertz CT molecular complexity index is 2160. The van der Waals surface area contributed by atoms with E-state index in [0.29, 0.717) is 12.8 Å². The maximum atomic E-state index is 11.6. The van der Waals surface area contributed by atoms with Crippen LogP contribution in [0.15, 0.2) is 88.0 Å². The topological polar surface area (TPSA) is 340 Å². The van der Waals surface area contributed by atoms with Crippen LogP contribution in [0.25, 0.3) is 0 Å². The monoisotopic (exact) mass is 1350 g/mol. The van der Waals surface area contributed by atoms with E-state index in [2.05, 4.69) is 118 Å². The highest BCUT2D eigenvalue weighted by molar-refractivity contribution is 5.83. The second-order valence-corrected chi connectivity index (χ2v) is 14.7. The van der Waals surface area contributed by atoms with E-state index >= 15 is 0 Å². The first-order valence-corrected chi connectivity index (χ1v) is 24.0. The molecule has 0 aliphatic carbocycles. The van der Waals surface area contributed by atoms with Crippen LogP contribution in [-0.4, -0.2) is 214 Å². The first-order valence-electron chi connectivity index (χ1n) is 24.0. The number of unbranched alkanes of at least 4 members (excludes halogenated alkanes) is 1. The molecule has 0 aromatic carbocycles. The van der Waals surface area contributed by atoms with Crippen molar-refractivity contribution in [2.24, 2.45) is 0 Å². The molecule has 0 heterocycles. The molecule has 2 amide bonds. The van der Waals surface area contributed by atoms with Crippen molar-refractivity contribution in [2.45, 2.75) is 56.9 Å². The van der Waals surface area contributed by atoms with Crippen LogP contribution in [0.5, 0.6) is 0 Å². The van der Waals surface area contributed by atoms with Crippen LogP contribution in [0.2, 0.25) is 0 Å². The minimum Gasteiger partial charge on any atom is -0.463 e. The van der Waals surface area contributed by atoms with Gasteiger partial charge in [0.15, 0.2) is 6.61 Å². The molecule has 0 bridgehead atoms. The van der Waals surface area contributed by atoms with Gasteiger partial charge in [-0.1, -0.05) is 46.1 Å².